The zero-order chi connectivity index (χ0) is 33.3. The molecule has 0 atom stereocenters. The molecule has 0 fully saturated rings. The van der Waals surface area contributed by atoms with E-state index in [1.54, 1.807) is 0 Å². The molecule has 0 radical (unpaired) electrons. The Morgan fingerprint density at radius 3 is 1.15 bits per heavy atom. The molecule has 0 aliphatic rings. The van der Waals surface area contributed by atoms with Gasteiger partial charge in [-0.25, -0.2) is 0 Å². The van der Waals surface area contributed by atoms with Gasteiger partial charge in [-0.05, 0) is 96.5 Å². The van der Waals surface area contributed by atoms with E-state index in [4.69, 9.17) is 45.9 Å². The van der Waals surface area contributed by atoms with Crippen molar-refractivity contribution in [2.24, 2.45) is 60.8 Å². The van der Waals surface area contributed by atoms with Gasteiger partial charge in [-0.2, -0.15) is 0 Å². The van der Waals surface area contributed by atoms with Crippen LogP contribution in [0.5, 0.6) is 0 Å². The summed E-state index contributed by atoms with van der Waals surface area (Å²) in [5, 5.41) is 3.03. The van der Waals surface area contributed by atoms with Crippen molar-refractivity contribution >= 4 is 17.9 Å². The monoisotopic (exact) mass is 620 g/mol. The van der Waals surface area contributed by atoms with E-state index in [0.717, 1.165) is 50.9 Å². The maximum Gasteiger partial charge on any atom is 0.185 e. The van der Waals surface area contributed by atoms with Gasteiger partial charge in [-0.1, -0.05) is 35.8 Å². The third kappa shape index (κ3) is 13.8. The molecule has 0 amide bonds. The summed E-state index contributed by atoms with van der Waals surface area (Å²) in [7, 11) is 0. The maximum atomic E-state index is 5.62. The van der Waals surface area contributed by atoms with Gasteiger partial charge in [0.25, 0.3) is 0 Å². The maximum absolute atomic E-state index is 5.62. The highest BCUT2D eigenvalue weighted by Gasteiger charge is 2.04. The molecule has 0 bridgehead atoms. The molecule has 0 spiro atoms. The van der Waals surface area contributed by atoms with Crippen LogP contribution in [-0.2, 0) is 25.7 Å². The lowest BCUT2D eigenvalue weighted by atomic mass is 10.0. The summed E-state index contributed by atoms with van der Waals surface area (Å²) in [6, 6.07) is 20.2. The van der Waals surface area contributed by atoms with Crippen LogP contribution in [0.15, 0.2) is 75.6 Å². The van der Waals surface area contributed by atoms with Gasteiger partial charge < -0.3 is 45.9 Å². The summed E-state index contributed by atoms with van der Waals surface area (Å²) in [5.74, 6) is 13.3. The largest absolute Gasteiger partial charge is 0.370 e. The molecule has 0 saturated carbocycles. The standard InChI is InChI=1S/C34H44N12/c35-31(36)43-13-9-27-17-25(18-28(21-27)10-14-44-32(37)38)7-5-23-1-2-24(4-3-23)6-8-26-19-29(11-15-45-33(39)40)22-30(20-26)12-16-46-34(41)42/h1-4,17-22,31,43H,9-16,35-36H2,(H4,37,38,44)(H4,39,40,45)(H4,41,42,46). The fourth-order valence-electron chi connectivity index (χ4n) is 4.50. The topological polar surface area (TPSA) is 257 Å². The van der Waals surface area contributed by atoms with Gasteiger partial charge in [-0.3, -0.25) is 20.3 Å². The Kier molecular flexibility index (Phi) is 13.9. The van der Waals surface area contributed by atoms with Crippen LogP contribution in [0, 0.1) is 23.7 Å². The summed E-state index contributed by atoms with van der Waals surface area (Å²) in [6.45, 7) is 2.11. The van der Waals surface area contributed by atoms with Crippen LogP contribution in [0.4, 0.5) is 0 Å². The smallest absolute Gasteiger partial charge is 0.185 e. The van der Waals surface area contributed by atoms with Crippen molar-refractivity contribution in [3.8, 4) is 23.7 Å². The lowest BCUT2D eigenvalue weighted by Crippen LogP contribution is -2.45. The minimum atomic E-state index is -0.566. The van der Waals surface area contributed by atoms with Crippen LogP contribution in [0.1, 0.15) is 44.5 Å². The van der Waals surface area contributed by atoms with E-state index >= 15 is 0 Å². The van der Waals surface area contributed by atoms with Gasteiger partial charge in [0.2, 0.25) is 0 Å². The third-order valence-electron chi connectivity index (χ3n) is 6.57. The molecule has 12 heteroatoms. The van der Waals surface area contributed by atoms with Crippen LogP contribution in [0.25, 0.3) is 0 Å². The van der Waals surface area contributed by atoms with Gasteiger partial charge in [0, 0.05) is 48.4 Å². The van der Waals surface area contributed by atoms with E-state index in [1.165, 1.54) is 0 Å². The number of nitrogens with zero attached hydrogens (tertiary/aromatic N) is 3. The van der Waals surface area contributed by atoms with E-state index in [1.807, 2.05) is 36.4 Å². The number of guanidine groups is 3. The van der Waals surface area contributed by atoms with Crippen molar-refractivity contribution in [3.63, 3.8) is 0 Å². The van der Waals surface area contributed by atoms with Crippen molar-refractivity contribution in [2.45, 2.75) is 32.0 Å². The average Bonchev–Trinajstić information content (AvgIpc) is 2.99. The predicted octanol–water partition coefficient (Wildman–Crippen LogP) is -0.733. The van der Waals surface area contributed by atoms with Gasteiger partial charge in [-0.15, -0.1) is 0 Å². The van der Waals surface area contributed by atoms with Crippen LogP contribution < -0.4 is 51.2 Å². The van der Waals surface area contributed by atoms with Crippen LogP contribution in [0.3, 0.4) is 0 Å². The Balaban J connectivity index is 1.78. The molecule has 0 saturated heterocycles. The third-order valence-corrected chi connectivity index (χ3v) is 6.57. The number of nitrogens with one attached hydrogen (secondary N) is 1. The first-order valence-electron chi connectivity index (χ1n) is 14.9. The fraction of sp³-hybridized carbons (Fsp3) is 0.265. The summed E-state index contributed by atoms with van der Waals surface area (Å²) in [4.78, 5) is 12.3. The van der Waals surface area contributed by atoms with Gasteiger partial charge in [0.1, 0.15) is 6.29 Å². The Labute approximate surface area is 270 Å². The molecular weight excluding hydrogens is 576 g/mol. The number of benzene rings is 3. The highest BCUT2D eigenvalue weighted by molar-refractivity contribution is 5.76. The molecule has 17 N–H and O–H groups in total. The second-order valence-electron chi connectivity index (χ2n) is 10.6. The molecule has 46 heavy (non-hydrogen) atoms. The van der Waals surface area contributed by atoms with Crippen LogP contribution >= 0.6 is 0 Å². The Hall–Kier alpha value is -5.53. The SMILES string of the molecule is NC(N)=NCCc1cc(C#Cc2ccc(C#Cc3cc(CCN=C(N)N)cc(CCNC(N)N)c3)cc2)cc(CCN=C(N)N)c1. The van der Waals surface area contributed by atoms with E-state index in [0.29, 0.717) is 45.4 Å². The fourth-order valence-corrected chi connectivity index (χ4v) is 4.50. The molecular formula is C34H44N12. The number of rotatable bonds is 13. The minimum Gasteiger partial charge on any atom is -0.370 e. The first-order chi connectivity index (χ1) is 22.0. The summed E-state index contributed by atoms with van der Waals surface area (Å²) in [6.07, 6.45) is 2.23. The van der Waals surface area contributed by atoms with E-state index in [2.05, 4.69) is 68.2 Å². The summed E-state index contributed by atoms with van der Waals surface area (Å²) in [5.41, 5.74) is 52.0. The normalized spacial score (nSPS) is 10.2. The number of aliphatic imine (C=N–C) groups is 3. The number of hydrogen-bond acceptors (Lipinski definition) is 6. The van der Waals surface area contributed by atoms with Crippen LogP contribution in [0.2, 0.25) is 0 Å². The van der Waals surface area contributed by atoms with Crippen LogP contribution in [-0.4, -0.2) is 50.3 Å². The molecule has 0 aliphatic heterocycles. The van der Waals surface area contributed by atoms with E-state index in [9.17, 15) is 0 Å². The van der Waals surface area contributed by atoms with Crippen molar-refractivity contribution in [1.82, 2.24) is 5.32 Å². The van der Waals surface area contributed by atoms with Crippen molar-refractivity contribution in [1.29, 1.82) is 0 Å². The van der Waals surface area contributed by atoms with Crippen molar-refractivity contribution < 1.29 is 0 Å². The molecule has 240 valence electrons. The van der Waals surface area contributed by atoms with Gasteiger partial charge in [0.05, 0.1) is 0 Å². The molecule has 0 heterocycles. The molecule has 3 aromatic carbocycles. The average molecular weight is 621 g/mol. The Morgan fingerprint density at radius 2 is 0.826 bits per heavy atom. The first-order valence-corrected chi connectivity index (χ1v) is 14.9. The van der Waals surface area contributed by atoms with Gasteiger partial charge in [0.15, 0.2) is 17.9 Å². The van der Waals surface area contributed by atoms with E-state index in [-0.39, 0.29) is 17.9 Å². The molecule has 3 aromatic rings. The number of hydrogen-bond donors (Lipinski definition) is 9. The highest BCUT2D eigenvalue weighted by atomic mass is 15.1. The van der Waals surface area contributed by atoms with Crippen molar-refractivity contribution in [3.05, 3.63) is 105 Å². The lowest BCUT2D eigenvalue weighted by molar-refractivity contribution is 0.548. The molecule has 0 unspecified atom stereocenters. The second-order valence-corrected chi connectivity index (χ2v) is 10.6. The molecule has 3 rings (SSSR count). The summed E-state index contributed by atoms with van der Waals surface area (Å²) >= 11 is 0. The number of nitrogens with two attached hydrogens (primary N) is 8. The molecule has 0 aliphatic carbocycles. The lowest BCUT2D eigenvalue weighted by Gasteiger charge is -2.10. The van der Waals surface area contributed by atoms with Gasteiger partial charge >= 0.3 is 0 Å². The van der Waals surface area contributed by atoms with Crippen molar-refractivity contribution in [2.75, 3.05) is 26.2 Å². The molecule has 0 aromatic heterocycles. The zero-order valence-corrected chi connectivity index (χ0v) is 26.0. The first kappa shape index (κ1) is 35.0. The second kappa shape index (κ2) is 18.3. The predicted molar refractivity (Wildman–Crippen MR) is 188 cm³/mol. The van der Waals surface area contributed by atoms with E-state index < -0.39 is 6.29 Å². The Morgan fingerprint density at radius 1 is 0.500 bits per heavy atom. The Bertz CT molecular complexity index is 1610. The minimum absolute atomic E-state index is 0.0661. The summed E-state index contributed by atoms with van der Waals surface area (Å²) < 4.78 is 0. The molecule has 12 nitrogen and oxygen atoms in total. The highest BCUT2D eigenvalue weighted by Crippen LogP contribution is 2.14. The quantitative estimate of drug-likeness (QED) is 0.0504. The zero-order valence-electron chi connectivity index (χ0n) is 26.0.